The summed E-state index contributed by atoms with van der Waals surface area (Å²) in [5.74, 6) is 1.62. The summed E-state index contributed by atoms with van der Waals surface area (Å²) in [4.78, 5) is 0. The highest BCUT2D eigenvalue weighted by molar-refractivity contribution is 9.10. The number of benzene rings is 1. The number of hydrogen-bond acceptors (Lipinski definition) is 4. The summed E-state index contributed by atoms with van der Waals surface area (Å²) < 4.78 is 12.4. The second-order valence-corrected chi connectivity index (χ2v) is 5.94. The Hall–Kier alpha value is -1.53. The average Bonchev–Trinajstić information content (AvgIpc) is 2.91. The SMILES string of the molecule is CC(NCc1cc(Br)c2c(c1)OCCCO2)c1cn[nH]c1. The van der Waals surface area contributed by atoms with Gasteiger partial charge in [0.1, 0.15) is 0 Å². The fourth-order valence-corrected chi connectivity index (χ4v) is 2.88. The van der Waals surface area contributed by atoms with Crippen molar-refractivity contribution in [3.63, 3.8) is 0 Å². The molecule has 6 heteroatoms. The van der Waals surface area contributed by atoms with Crippen LogP contribution in [-0.2, 0) is 6.54 Å². The van der Waals surface area contributed by atoms with E-state index in [9.17, 15) is 0 Å². The normalized spacial score (nSPS) is 15.5. The van der Waals surface area contributed by atoms with Crippen molar-refractivity contribution in [2.45, 2.75) is 25.9 Å². The maximum atomic E-state index is 5.75. The van der Waals surface area contributed by atoms with Gasteiger partial charge in [-0.05, 0) is 40.5 Å². The largest absolute Gasteiger partial charge is 0.490 e. The van der Waals surface area contributed by atoms with Crippen LogP contribution in [0.4, 0.5) is 0 Å². The molecule has 21 heavy (non-hydrogen) atoms. The third-order valence-electron chi connectivity index (χ3n) is 3.49. The van der Waals surface area contributed by atoms with Crippen molar-refractivity contribution in [2.24, 2.45) is 0 Å². The first-order valence-electron chi connectivity index (χ1n) is 7.04. The molecule has 2 aromatic rings. The van der Waals surface area contributed by atoms with E-state index in [1.165, 1.54) is 0 Å². The van der Waals surface area contributed by atoms with Crippen molar-refractivity contribution in [2.75, 3.05) is 13.2 Å². The Kier molecular flexibility index (Phi) is 4.45. The molecular formula is C15H18BrN3O2. The molecule has 2 heterocycles. The van der Waals surface area contributed by atoms with Crippen molar-refractivity contribution in [3.8, 4) is 11.5 Å². The van der Waals surface area contributed by atoms with Crippen molar-refractivity contribution in [1.82, 2.24) is 15.5 Å². The third-order valence-corrected chi connectivity index (χ3v) is 4.08. The summed E-state index contributed by atoms with van der Waals surface area (Å²) in [7, 11) is 0. The maximum absolute atomic E-state index is 5.75. The minimum atomic E-state index is 0.235. The van der Waals surface area contributed by atoms with E-state index in [0.717, 1.165) is 40.1 Å². The topological polar surface area (TPSA) is 59.2 Å². The summed E-state index contributed by atoms with van der Waals surface area (Å²) in [5.41, 5.74) is 2.30. The molecule has 5 nitrogen and oxygen atoms in total. The number of ether oxygens (including phenoxy) is 2. The summed E-state index contributed by atoms with van der Waals surface area (Å²) >= 11 is 3.57. The minimum Gasteiger partial charge on any atom is -0.490 e. The predicted octanol–water partition coefficient (Wildman–Crippen LogP) is 3.18. The van der Waals surface area contributed by atoms with E-state index in [2.05, 4.69) is 44.4 Å². The Balaban J connectivity index is 1.71. The molecule has 1 unspecified atom stereocenters. The van der Waals surface area contributed by atoms with E-state index < -0.39 is 0 Å². The lowest BCUT2D eigenvalue weighted by atomic mass is 10.1. The summed E-state index contributed by atoms with van der Waals surface area (Å²) in [6.45, 7) is 4.26. The van der Waals surface area contributed by atoms with Gasteiger partial charge in [-0.25, -0.2) is 0 Å². The fourth-order valence-electron chi connectivity index (χ4n) is 2.27. The monoisotopic (exact) mass is 351 g/mol. The molecule has 3 rings (SSSR count). The molecular weight excluding hydrogens is 334 g/mol. The molecule has 0 radical (unpaired) electrons. The highest BCUT2D eigenvalue weighted by Crippen LogP contribution is 2.38. The van der Waals surface area contributed by atoms with Crippen molar-refractivity contribution < 1.29 is 9.47 Å². The highest BCUT2D eigenvalue weighted by Gasteiger charge is 2.15. The second-order valence-electron chi connectivity index (χ2n) is 5.09. The molecule has 1 aliphatic rings. The minimum absolute atomic E-state index is 0.235. The van der Waals surface area contributed by atoms with Gasteiger partial charge in [0, 0.05) is 30.8 Å². The quantitative estimate of drug-likeness (QED) is 0.887. The van der Waals surface area contributed by atoms with Crippen molar-refractivity contribution >= 4 is 15.9 Å². The van der Waals surface area contributed by atoms with Gasteiger partial charge in [0.05, 0.1) is 23.9 Å². The number of H-pyrrole nitrogens is 1. The molecule has 0 fully saturated rings. The molecule has 1 aromatic carbocycles. The predicted molar refractivity (Wildman–Crippen MR) is 83.6 cm³/mol. The number of aromatic nitrogens is 2. The van der Waals surface area contributed by atoms with E-state index in [0.29, 0.717) is 13.2 Å². The van der Waals surface area contributed by atoms with Gasteiger partial charge in [-0.2, -0.15) is 5.10 Å². The van der Waals surface area contributed by atoms with Crippen LogP contribution in [0.5, 0.6) is 11.5 Å². The molecule has 0 saturated heterocycles. The summed E-state index contributed by atoms with van der Waals surface area (Å²) in [6.07, 6.45) is 4.65. The van der Waals surface area contributed by atoms with Crippen molar-refractivity contribution in [3.05, 3.63) is 40.1 Å². The molecule has 0 spiro atoms. The molecule has 0 aliphatic carbocycles. The first-order valence-corrected chi connectivity index (χ1v) is 7.83. The van der Waals surface area contributed by atoms with Gasteiger partial charge in [-0.15, -0.1) is 0 Å². The van der Waals surface area contributed by atoms with E-state index >= 15 is 0 Å². The van der Waals surface area contributed by atoms with Crippen molar-refractivity contribution in [1.29, 1.82) is 0 Å². The lowest BCUT2D eigenvalue weighted by Gasteiger charge is -2.15. The van der Waals surface area contributed by atoms with E-state index in [1.807, 2.05) is 18.5 Å². The Bertz CT molecular complexity index is 601. The molecule has 0 bridgehead atoms. The van der Waals surface area contributed by atoms with Gasteiger partial charge in [0.2, 0.25) is 0 Å². The molecule has 1 aliphatic heterocycles. The van der Waals surface area contributed by atoms with Crippen LogP contribution in [0.3, 0.4) is 0 Å². The maximum Gasteiger partial charge on any atom is 0.175 e. The fraction of sp³-hybridized carbons (Fsp3) is 0.400. The van der Waals surface area contributed by atoms with Gasteiger partial charge in [-0.3, -0.25) is 5.10 Å². The Morgan fingerprint density at radius 3 is 3.05 bits per heavy atom. The summed E-state index contributed by atoms with van der Waals surface area (Å²) in [5, 5.41) is 10.3. The zero-order chi connectivity index (χ0) is 14.7. The number of nitrogens with one attached hydrogen (secondary N) is 2. The third kappa shape index (κ3) is 3.39. The Morgan fingerprint density at radius 2 is 2.24 bits per heavy atom. The molecule has 0 amide bonds. The Morgan fingerprint density at radius 1 is 1.38 bits per heavy atom. The van der Waals surface area contributed by atoms with Crippen LogP contribution in [0, 0.1) is 0 Å². The number of hydrogen-bond donors (Lipinski definition) is 2. The van der Waals surface area contributed by atoms with E-state index in [-0.39, 0.29) is 6.04 Å². The van der Waals surface area contributed by atoms with Crippen LogP contribution in [-0.4, -0.2) is 23.4 Å². The number of halogens is 1. The smallest absolute Gasteiger partial charge is 0.175 e. The van der Waals surface area contributed by atoms with E-state index in [4.69, 9.17) is 9.47 Å². The molecule has 1 aromatic heterocycles. The zero-order valence-corrected chi connectivity index (χ0v) is 13.4. The van der Waals surface area contributed by atoms with Gasteiger partial charge >= 0.3 is 0 Å². The van der Waals surface area contributed by atoms with Gasteiger partial charge in [0.15, 0.2) is 11.5 Å². The number of nitrogens with zero attached hydrogens (tertiary/aromatic N) is 1. The van der Waals surface area contributed by atoms with Crippen LogP contribution in [0.1, 0.15) is 30.5 Å². The molecule has 0 saturated carbocycles. The number of aromatic amines is 1. The van der Waals surface area contributed by atoms with Crippen LogP contribution in [0.15, 0.2) is 29.0 Å². The average molecular weight is 352 g/mol. The van der Waals surface area contributed by atoms with Crippen LogP contribution >= 0.6 is 15.9 Å². The lowest BCUT2D eigenvalue weighted by molar-refractivity contribution is 0.296. The standard InChI is InChI=1S/C15H18BrN3O2/c1-10(12-8-18-19-9-12)17-7-11-5-13(16)15-14(6-11)20-3-2-4-21-15/h5-6,8-10,17H,2-4,7H2,1H3,(H,18,19). The number of rotatable bonds is 4. The zero-order valence-electron chi connectivity index (χ0n) is 11.9. The summed E-state index contributed by atoms with van der Waals surface area (Å²) in [6, 6.07) is 4.35. The van der Waals surface area contributed by atoms with Gasteiger partial charge < -0.3 is 14.8 Å². The molecule has 1 atom stereocenters. The molecule has 2 N–H and O–H groups in total. The molecule has 112 valence electrons. The number of fused-ring (bicyclic) bond motifs is 1. The first-order chi connectivity index (χ1) is 10.2. The van der Waals surface area contributed by atoms with Gasteiger partial charge in [0.25, 0.3) is 0 Å². The highest BCUT2D eigenvalue weighted by atomic mass is 79.9. The lowest BCUT2D eigenvalue weighted by Crippen LogP contribution is -2.17. The second kappa shape index (κ2) is 6.49. The van der Waals surface area contributed by atoms with Crippen LogP contribution in [0.25, 0.3) is 0 Å². The first kappa shape index (κ1) is 14.4. The van der Waals surface area contributed by atoms with Crippen LogP contribution in [0.2, 0.25) is 0 Å². The van der Waals surface area contributed by atoms with Gasteiger partial charge in [-0.1, -0.05) is 0 Å². The Labute approximate surface area is 132 Å². The van der Waals surface area contributed by atoms with Crippen LogP contribution < -0.4 is 14.8 Å². The van der Waals surface area contributed by atoms with E-state index in [1.54, 1.807) is 0 Å².